The van der Waals surface area contributed by atoms with Gasteiger partial charge in [0.25, 0.3) is 0 Å². The highest BCUT2D eigenvalue weighted by atomic mass is 32.1. The standard InChI is InChI=1S/C17H25N3O2S/c1-13-14(2)22-17(18-13)12-19(3)11-15(16-5-4-10-23-16)20-6-8-21-9-7-20/h4-5,10,15H,6-9,11-12H2,1-3H3/t15-/m1/s1. The van der Waals surface area contributed by atoms with E-state index < -0.39 is 0 Å². The van der Waals surface area contributed by atoms with Crippen molar-refractivity contribution in [1.82, 2.24) is 14.8 Å². The second-order valence-corrected chi connectivity index (χ2v) is 7.10. The maximum atomic E-state index is 5.72. The molecule has 1 atom stereocenters. The minimum absolute atomic E-state index is 0.404. The number of rotatable bonds is 6. The number of oxazole rings is 1. The number of nitrogens with zero attached hydrogens (tertiary/aromatic N) is 3. The smallest absolute Gasteiger partial charge is 0.208 e. The van der Waals surface area contributed by atoms with Crippen LogP contribution in [0.25, 0.3) is 0 Å². The summed E-state index contributed by atoms with van der Waals surface area (Å²) in [7, 11) is 2.13. The Bertz CT molecular complexity index is 586. The zero-order chi connectivity index (χ0) is 16.2. The van der Waals surface area contributed by atoms with Crippen molar-refractivity contribution in [1.29, 1.82) is 0 Å². The van der Waals surface area contributed by atoms with E-state index >= 15 is 0 Å². The fourth-order valence-corrected chi connectivity index (χ4v) is 3.80. The van der Waals surface area contributed by atoms with E-state index in [4.69, 9.17) is 9.15 Å². The van der Waals surface area contributed by atoms with Crippen LogP contribution in [0.4, 0.5) is 0 Å². The van der Waals surface area contributed by atoms with Crippen molar-refractivity contribution < 1.29 is 9.15 Å². The molecule has 0 aromatic carbocycles. The summed E-state index contributed by atoms with van der Waals surface area (Å²) < 4.78 is 11.2. The summed E-state index contributed by atoms with van der Waals surface area (Å²) in [5.41, 5.74) is 0.983. The van der Waals surface area contributed by atoms with Crippen LogP contribution in [0.15, 0.2) is 21.9 Å². The van der Waals surface area contributed by atoms with Crippen LogP contribution in [0.3, 0.4) is 0 Å². The van der Waals surface area contributed by atoms with E-state index in [0.29, 0.717) is 6.04 Å². The van der Waals surface area contributed by atoms with Gasteiger partial charge in [-0.3, -0.25) is 9.80 Å². The summed E-state index contributed by atoms with van der Waals surface area (Å²) in [6.45, 7) is 9.29. The maximum absolute atomic E-state index is 5.72. The van der Waals surface area contributed by atoms with Crippen LogP contribution < -0.4 is 0 Å². The number of aromatic nitrogens is 1. The fraction of sp³-hybridized carbons (Fsp3) is 0.588. The van der Waals surface area contributed by atoms with Crippen LogP contribution in [0.1, 0.15) is 28.3 Å². The van der Waals surface area contributed by atoms with Crippen molar-refractivity contribution in [2.45, 2.75) is 26.4 Å². The SMILES string of the molecule is Cc1nc(CN(C)C[C@H](c2cccs2)N2CCOCC2)oc1C. The van der Waals surface area contributed by atoms with E-state index in [2.05, 4.69) is 39.3 Å². The molecule has 126 valence electrons. The van der Waals surface area contributed by atoms with Gasteiger partial charge in [0.05, 0.1) is 31.5 Å². The lowest BCUT2D eigenvalue weighted by molar-refractivity contribution is 0.00917. The van der Waals surface area contributed by atoms with Gasteiger partial charge in [-0.15, -0.1) is 11.3 Å². The molecule has 1 aliphatic rings. The Labute approximate surface area is 141 Å². The average molecular weight is 335 g/mol. The Morgan fingerprint density at radius 1 is 1.35 bits per heavy atom. The van der Waals surface area contributed by atoms with Crippen molar-refractivity contribution in [3.8, 4) is 0 Å². The van der Waals surface area contributed by atoms with Crippen molar-refractivity contribution in [3.63, 3.8) is 0 Å². The molecule has 0 spiro atoms. The van der Waals surface area contributed by atoms with Crippen LogP contribution in [-0.2, 0) is 11.3 Å². The number of hydrogen-bond acceptors (Lipinski definition) is 6. The Morgan fingerprint density at radius 3 is 2.74 bits per heavy atom. The first kappa shape index (κ1) is 16.6. The van der Waals surface area contributed by atoms with Gasteiger partial charge >= 0.3 is 0 Å². The number of hydrogen-bond donors (Lipinski definition) is 0. The highest BCUT2D eigenvalue weighted by molar-refractivity contribution is 7.10. The number of thiophene rings is 1. The first-order chi connectivity index (χ1) is 11.1. The van der Waals surface area contributed by atoms with Crippen molar-refractivity contribution in [2.24, 2.45) is 0 Å². The fourth-order valence-electron chi connectivity index (χ4n) is 2.95. The van der Waals surface area contributed by atoms with Gasteiger partial charge in [0.15, 0.2) is 0 Å². The van der Waals surface area contributed by atoms with E-state index in [-0.39, 0.29) is 0 Å². The lowest BCUT2D eigenvalue weighted by Gasteiger charge is -2.36. The quantitative estimate of drug-likeness (QED) is 0.812. The number of aryl methyl sites for hydroxylation is 2. The van der Waals surface area contributed by atoms with Crippen molar-refractivity contribution in [2.75, 3.05) is 39.9 Å². The minimum Gasteiger partial charge on any atom is -0.444 e. The topological polar surface area (TPSA) is 41.7 Å². The van der Waals surface area contributed by atoms with E-state index in [0.717, 1.165) is 56.7 Å². The third-order valence-electron chi connectivity index (χ3n) is 4.32. The molecule has 6 heteroatoms. The van der Waals surface area contributed by atoms with Gasteiger partial charge in [-0.2, -0.15) is 0 Å². The molecule has 0 unspecified atom stereocenters. The summed E-state index contributed by atoms with van der Waals surface area (Å²) in [6, 6.07) is 4.77. The molecule has 3 rings (SSSR count). The third kappa shape index (κ3) is 4.20. The second kappa shape index (κ2) is 7.57. The van der Waals surface area contributed by atoms with Crippen molar-refractivity contribution >= 4 is 11.3 Å². The van der Waals surface area contributed by atoms with Crippen LogP contribution in [0, 0.1) is 13.8 Å². The largest absolute Gasteiger partial charge is 0.444 e. The van der Waals surface area contributed by atoms with Crippen LogP contribution in [0.5, 0.6) is 0 Å². The molecule has 0 bridgehead atoms. The van der Waals surface area contributed by atoms with Crippen LogP contribution >= 0.6 is 11.3 Å². The molecule has 1 fully saturated rings. The first-order valence-corrected chi connectivity index (χ1v) is 8.98. The summed E-state index contributed by atoms with van der Waals surface area (Å²) in [4.78, 5) is 10.7. The normalized spacial score (nSPS) is 17.7. The molecule has 2 aromatic rings. The molecule has 5 nitrogen and oxygen atoms in total. The van der Waals surface area contributed by atoms with Gasteiger partial charge < -0.3 is 9.15 Å². The molecule has 1 saturated heterocycles. The van der Waals surface area contributed by atoms with Gasteiger partial charge in [0.2, 0.25) is 5.89 Å². The van der Waals surface area contributed by atoms with Crippen molar-refractivity contribution in [3.05, 3.63) is 39.7 Å². The molecule has 0 aliphatic carbocycles. The van der Waals surface area contributed by atoms with Gasteiger partial charge in [0, 0.05) is 24.5 Å². The van der Waals surface area contributed by atoms with Crippen LogP contribution in [0.2, 0.25) is 0 Å². The molecular formula is C17H25N3O2S. The lowest BCUT2D eigenvalue weighted by Crippen LogP contribution is -2.42. The average Bonchev–Trinajstić information content (AvgIpc) is 3.16. The predicted octanol–water partition coefficient (Wildman–Crippen LogP) is 2.86. The molecule has 0 radical (unpaired) electrons. The van der Waals surface area contributed by atoms with Crippen LogP contribution in [-0.4, -0.2) is 54.7 Å². The number of morpholine rings is 1. The number of likely N-dealkylation sites (N-methyl/N-ethyl adjacent to an activating group) is 1. The zero-order valence-corrected chi connectivity index (χ0v) is 14.9. The van der Waals surface area contributed by atoms with Gasteiger partial charge in [-0.1, -0.05) is 6.07 Å². The summed E-state index contributed by atoms with van der Waals surface area (Å²) in [6.07, 6.45) is 0. The molecule has 0 amide bonds. The Morgan fingerprint density at radius 2 is 2.13 bits per heavy atom. The molecule has 2 aromatic heterocycles. The zero-order valence-electron chi connectivity index (χ0n) is 14.1. The summed E-state index contributed by atoms with van der Waals surface area (Å²) >= 11 is 1.83. The molecule has 0 saturated carbocycles. The Kier molecular flexibility index (Phi) is 5.48. The highest BCUT2D eigenvalue weighted by Gasteiger charge is 2.25. The molecule has 0 N–H and O–H groups in total. The van der Waals surface area contributed by atoms with Gasteiger partial charge in [0.1, 0.15) is 5.76 Å². The van der Waals surface area contributed by atoms with Gasteiger partial charge in [-0.05, 0) is 32.3 Å². The Balaban J connectivity index is 1.67. The lowest BCUT2D eigenvalue weighted by atomic mass is 10.1. The maximum Gasteiger partial charge on any atom is 0.208 e. The summed E-state index contributed by atoms with van der Waals surface area (Å²) in [5.74, 6) is 1.71. The number of ether oxygens (including phenoxy) is 1. The second-order valence-electron chi connectivity index (χ2n) is 6.13. The van der Waals surface area contributed by atoms with E-state index in [1.807, 2.05) is 25.2 Å². The molecule has 3 heterocycles. The van der Waals surface area contributed by atoms with E-state index in [1.165, 1.54) is 4.88 Å². The highest BCUT2D eigenvalue weighted by Crippen LogP contribution is 2.27. The third-order valence-corrected chi connectivity index (χ3v) is 5.29. The van der Waals surface area contributed by atoms with Gasteiger partial charge in [-0.25, -0.2) is 4.98 Å². The molecular weight excluding hydrogens is 310 g/mol. The first-order valence-electron chi connectivity index (χ1n) is 8.10. The van der Waals surface area contributed by atoms with E-state index in [9.17, 15) is 0 Å². The predicted molar refractivity (Wildman–Crippen MR) is 91.8 cm³/mol. The molecule has 1 aliphatic heterocycles. The minimum atomic E-state index is 0.404. The summed E-state index contributed by atoms with van der Waals surface area (Å²) in [5, 5.41) is 2.16. The Hall–Kier alpha value is -1.21. The molecule has 23 heavy (non-hydrogen) atoms. The van der Waals surface area contributed by atoms with E-state index in [1.54, 1.807) is 0 Å². The monoisotopic (exact) mass is 335 g/mol.